The highest BCUT2D eigenvalue weighted by Crippen LogP contribution is 2.44. The molecule has 6 rings (SSSR count). The Morgan fingerprint density at radius 3 is 2.63 bits per heavy atom. The molecule has 16 heteroatoms. The quantitative estimate of drug-likeness (QED) is 0.323. The number of anilines is 1. The number of ether oxygens (including phenoxy) is 3. The maximum Gasteiger partial charge on any atom is 0.586 e. The molecule has 1 aliphatic heterocycles. The second-order valence-corrected chi connectivity index (χ2v) is 9.28. The van der Waals surface area contributed by atoms with Crippen LogP contribution in [-0.4, -0.2) is 50.8 Å². The lowest BCUT2D eigenvalue weighted by Gasteiger charge is -2.23. The van der Waals surface area contributed by atoms with E-state index in [9.17, 15) is 35.9 Å². The van der Waals surface area contributed by atoms with Crippen molar-refractivity contribution in [3.63, 3.8) is 0 Å². The fraction of sp³-hybridized carbons (Fsp3) is 0.280. The van der Waals surface area contributed by atoms with Crippen molar-refractivity contribution in [3.05, 3.63) is 58.9 Å². The maximum atomic E-state index is 14.2. The van der Waals surface area contributed by atoms with Gasteiger partial charge in [0.1, 0.15) is 23.3 Å². The Balaban J connectivity index is 1.34. The van der Waals surface area contributed by atoms with E-state index in [1.807, 2.05) is 0 Å². The van der Waals surface area contributed by atoms with E-state index in [1.165, 1.54) is 35.5 Å². The summed E-state index contributed by atoms with van der Waals surface area (Å²) in [7, 11) is 0. The van der Waals surface area contributed by atoms with Crippen molar-refractivity contribution in [2.75, 3.05) is 11.5 Å². The van der Waals surface area contributed by atoms with E-state index in [-0.39, 0.29) is 45.5 Å². The number of rotatable bonds is 7. The van der Waals surface area contributed by atoms with Gasteiger partial charge in [-0.2, -0.15) is 18.3 Å². The predicted octanol–water partition coefficient (Wildman–Crippen LogP) is 4.38. The third-order valence-corrected chi connectivity index (χ3v) is 6.26. The normalized spacial score (nSPS) is 15.8. The van der Waals surface area contributed by atoms with Crippen LogP contribution in [0.5, 0.6) is 17.2 Å². The number of alkyl halides is 5. The number of carbonyl (C=O) groups is 1. The van der Waals surface area contributed by atoms with Crippen molar-refractivity contribution in [2.45, 2.75) is 37.9 Å². The molecular formula is C25H17F6N5O5. The van der Waals surface area contributed by atoms with Gasteiger partial charge >= 0.3 is 12.5 Å². The first-order valence-electron chi connectivity index (χ1n) is 12.0. The number of benzene rings is 2. The molecule has 41 heavy (non-hydrogen) atoms. The molecule has 2 aliphatic rings. The number of aromatic nitrogens is 4. The molecule has 0 saturated heterocycles. The summed E-state index contributed by atoms with van der Waals surface area (Å²) in [6.45, 7) is -2.33. The summed E-state index contributed by atoms with van der Waals surface area (Å²) in [6, 6.07) is 6.67. The van der Waals surface area contributed by atoms with Gasteiger partial charge in [0.2, 0.25) is 5.91 Å². The number of carbonyl (C=O) groups excluding carboxylic acids is 1. The highest BCUT2D eigenvalue weighted by molar-refractivity contribution is 5.95. The van der Waals surface area contributed by atoms with Crippen LogP contribution < -0.4 is 24.7 Å². The fourth-order valence-corrected chi connectivity index (χ4v) is 4.38. The van der Waals surface area contributed by atoms with Crippen molar-refractivity contribution in [1.82, 2.24) is 19.7 Å². The number of hydrogen-bond donors (Lipinski definition) is 1. The van der Waals surface area contributed by atoms with Gasteiger partial charge in [0, 0.05) is 23.4 Å². The minimum atomic E-state index is -4.71. The van der Waals surface area contributed by atoms with Crippen LogP contribution in [-0.2, 0) is 11.3 Å². The standard InChI is InChI=1S/C25H17F6N5O5/c26-15-5-1-12(7-17(15)39-10-24(27,28)29)20-21-22(33-11-32-21)23(38)35(34-20)9-19(37)36(13-2-3-13)14-4-6-16-18(8-14)41-25(30,31)40-16/h1,4-8,11,13H,2-3,9-10H2,(H,32,33). The highest BCUT2D eigenvalue weighted by atomic mass is 19.4. The minimum absolute atomic E-state index is 0.0304. The minimum Gasteiger partial charge on any atom is -0.481 e. The van der Waals surface area contributed by atoms with Gasteiger partial charge in [-0.15, -0.1) is 8.78 Å². The maximum absolute atomic E-state index is 14.2. The van der Waals surface area contributed by atoms with E-state index in [0.717, 1.165) is 16.8 Å². The number of halogens is 6. The van der Waals surface area contributed by atoms with Crippen molar-refractivity contribution >= 4 is 22.6 Å². The Morgan fingerprint density at radius 1 is 1.15 bits per heavy atom. The van der Waals surface area contributed by atoms with Crippen LogP contribution in [0.3, 0.4) is 0 Å². The Kier molecular flexibility index (Phi) is 6.08. The van der Waals surface area contributed by atoms with Crippen molar-refractivity contribution in [3.8, 4) is 28.5 Å². The number of nitrogens with one attached hydrogen (secondary N) is 1. The molecule has 0 atom stereocenters. The molecule has 0 unspecified atom stereocenters. The molecule has 3 heterocycles. The SMILES string of the molecule is O=C(Cn1nc(-c2ccc(F)c(OCC(F)(F)F)c2)c2nc[nH]c2c1=O)N(c1ccc2c(c1)OC(F)(F)O2)C1CC1. The Labute approximate surface area is 225 Å². The zero-order valence-corrected chi connectivity index (χ0v) is 20.5. The number of amides is 1. The van der Waals surface area contributed by atoms with Crippen LogP contribution in [0.4, 0.5) is 32.0 Å². The third-order valence-electron chi connectivity index (χ3n) is 6.26. The molecule has 214 valence electrons. The molecule has 0 spiro atoms. The molecule has 2 aromatic heterocycles. The van der Waals surface area contributed by atoms with Crippen LogP contribution in [0.1, 0.15) is 12.8 Å². The average Bonchev–Trinajstić information content (AvgIpc) is 3.49. The van der Waals surface area contributed by atoms with Gasteiger partial charge in [-0.05, 0) is 43.2 Å². The second-order valence-electron chi connectivity index (χ2n) is 9.28. The number of imidazole rings is 1. The predicted molar refractivity (Wildman–Crippen MR) is 128 cm³/mol. The van der Waals surface area contributed by atoms with Crippen LogP contribution in [0.15, 0.2) is 47.5 Å². The summed E-state index contributed by atoms with van der Waals surface area (Å²) >= 11 is 0. The van der Waals surface area contributed by atoms with E-state index >= 15 is 0 Å². The summed E-state index contributed by atoms with van der Waals surface area (Å²) in [5, 5.41) is 4.23. The zero-order chi connectivity index (χ0) is 29.1. The summed E-state index contributed by atoms with van der Waals surface area (Å²) in [5.74, 6) is -2.83. The van der Waals surface area contributed by atoms with Crippen LogP contribution in [0, 0.1) is 5.82 Å². The third kappa shape index (κ3) is 5.24. The number of fused-ring (bicyclic) bond motifs is 2. The Hall–Kier alpha value is -4.76. The molecule has 0 bridgehead atoms. The van der Waals surface area contributed by atoms with Gasteiger partial charge in [-0.3, -0.25) is 9.59 Å². The monoisotopic (exact) mass is 581 g/mol. The molecule has 10 nitrogen and oxygen atoms in total. The fourth-order valence-electron chi connectivity index (χ4n) is 4.38. The van der Waals surface area contributed by atoms with E-state index in [0.29, 0.717) is 12.8 Å². The molecule has 1 amide bonds. The first kappa shape index (κ1) is 26.5. The van der Waals surface area contributed by atoms with E-state index in [4.69, 9.17) is 0 Å². The number of nitrogens with zero attached hydrogens (tertiary/aromatic N) is 4. The number of aromatic amines is 1. The first-order valence-corrected chi connectivity index (χ1v) is 12.0. The van der Waals surface area contributed by atoms with Gasteiger partial charge < -0.3 is 24.1 Å². The summed E-state index contributed by atoms with van der Waals surface area (Å²) in [4.78, 5) is 34.7. The molecule has 4 aromatic rings. The molecule has 2 aromatic carbocycles. The number of hydrogen-bond acceptors (Lipinski definition) is 7. The molecule has 1 saturated carbocycles. The second kappa shape index (κ2) is 9.42. The van der Waals surface area contributed by atoms with Crippen LogP contribution in [0.2, 0.25) is 0 Å². The van der Waals surface area contributed by atoms with Gasteiger partial charge in [0.05, 0.1) is 6.33 Å². The van der Waals surface area contributed by atoms with Gasteiger partial charge in [-0.25, -0.2) is 14.1 Å². The molecule has 1 aliphatic carbocycles. The molecule has 1 N–H and O–H groups in total. The smallest absolute Gasteiger partial charge is 0.481 e. The molecule has 0 radical (unpaired) electrons. The number of H-pyrrole nitrogens is 1. The lowest BCUT2D eigenvalue weighted by Crippen LogP contribution is -2.39. The Bertz CT molecular complexity index is 1730. The Morgan fingerprint density at radius 2 is 1.90 bits per heavy atom. The van der Waals surface area contributed by atoms with Gasteiger partial charge in [-0.1, -0.05) is 0 Å². The van der Waals surface area contributed by atoms with Crippen LogP contribution >= 0.6 is 0 Å². The highest BCUT2D eigenvalue weighted by Gasteiger charge is 2.44. The first-order chi connectivity index (χ1) is 19.4. The topological polar surface area (TPSA) is 112 Å². The van der Waals surface area contributed by atoms with Crippen LogP contribution in [0.25, 0.3) is 22.3 Å². The van der Waals surface area contributed by atoms with E-state index in [2.05, 4.69) is 29.3 Å². The van der Waals surface area contributed by atoms with Crippen molar-refractivity contribution < 1.29 is 45.3 Å². The molecule has 1 fully saturated rings. The van der Waals surface area contributed by atoms with E-state index < -0.39 is 48.7 Å². The van der Waals surface area contributed by atoms with Gasteiger partial charge in [0.15, 0.2) is 29.7 Å². The summed E-state index contributed by atoms with van der Waals surface area (Å²) in [6.07, 6.45) is -6.12. The lowest BCUT2D eigenvalue weighted by atomic mass is 10.1. The summed E-state index contributed by atoms with van der Waals surface area (Å²) < 4.78 is 93.4. The molecular weight excluding hydrogens is 564 g/mol. The lowest BCUT2D eigenvalue weighted by molar-refractivity contribution is -0.286. The van der Waals surface area contributed by atoms with Gasteiger partial charge in [0.25, 0.3) is 5.56 Å². The van der Waals surface area contributed by atoms with Crippen molar-refractivity contribution in [2.24, 2.45) is 0 Å². The van der Waals surface area contributed by atoms with E-state index in [1.54, 1.807) is 0 Å². The largest absolute Gasteiger partial charge is 0.586 e. The zero-order valence-electron chi connectivity index (χ0n) is 20.5. The van der Waals surface area contributed by atoms with Crippen molar-refractivity contribution in [1.29, 1.82) is 0 Å². The summed E-state index contributed by atoms with van der Waals surface area (Å²) in [5.41, 5.74) is -0.493. The average molecular weight is 581 g/mol.